The summed E-state index contributed by atoms with van der Waals surface area (Å²) in [6.45, 7) is -0.0136. The van der Waals surface area contributed by atoms with Crippen molar-refractivity contribution >= 4 is 18.3 Å². The normalized spacial score (nSPS) is 11.2. The van der Waals surface area contributed by atoms with E-state index in [9.17, 15) is 14.0 Å². The summed E-state index contributed by atoms with van der Waals surface area (Å²) in [7, 11) is 0. The maximum absolute atomic E-state index is 12.7. The SMILES string of the molecule is Cl.NC/C(=C/F)Cn1ncn(-c2cccc(-c3ccnc(CC(N)=O)c3)c2)c1=O. The highest BCUT2D eigenvalue weighted by molar-refractivity contribution is 5.85. The van der Waals surface area contributed by atoms with E-state index in [1.165, 1.54) is 10.9 Å². The van der Waals surface area contributed by atoms with E-state index in [1.807, 2.05) is 12.1 Å². The molecule has 0 aliphatic heterocycles. The molecule has 0 unspecified atom stereocenters. The fourth-order valence-corrected chi connectivity index (χ4v) is 2.73. The maximum Gasteiger partial charge on any atom is 0.350 e. The van der Waals surface area contributed by atoms with Gasteiger partial charge in [0.2, 0.25) is 5.91 Å². The van der Waals surface area contributed by atoms with Crippen LogP contribution in [-0.4, -0.2) is 31.8 Å². The topological polar surface area (TPSA) is 122 Å². The first-order valence-electron chi connectivity index (χ1n) is 8.48. The van der Waals surface area contributed by atoms with Crippen molar-refractivity contribution in [2.75, 3.05) is 6.54 Å². The summed E-state index contributed by atoms with van der Waals surface area (Å²) < 4.78 is 15.2. The predicted molar refractivity (Wildman–Crippen MR) is 109 cm³/mol. The number of benzene rings is 1. The van der Waals surface area contributed by atoms with Gasteiger partial charge in [-0.05, 0) is 41.0 Å². The summed E-state index contributed by atoms with van der Waals surface area (Å²) in [5.41, 5.74) is 13.3. The van der Waals surface area contributed by atoms with Crippen LogP contribution in [0.25, 0.3) is 16.8 Å². The van der Waals surface area contributed by atoms with Gasteiger partial charge >= 0.3 is 5.69 Å². The molecule has 2 aromatic heterocycles. The summed E-state index contributed by atoms with van der Waals surface area (Å²) in [4.78, 5) is 27.8. The standard InChI is InChI=1S/C19H19FN6O2.ClH/c20-9-13(10-21)11-26-19(28)25(12-24-26)17-3-1-2-14(7-17)15-4-5-23-16(6-15)8-18(22)27;/h1-7,9,12H,8,10-11,21H2,(H2,22,27);1H/b13-9-;. The lowest BCUT2D eigenvalue weighted by Crippen LogP contribution is -2.25. The zero-order valence-electron chi connectivity index (χ0n) is 15.4. The smallest absolute Gasteiger partial charge is 0.350 e. The van der Waals surface area contributed by atoms with Gasteiger partial charge < -0.3 is 11.5 Å². The Morgan fingerprint density at radius 3 is 2.66 bits per heavy atom. The first kappa shape index (κ1) is 22.0. The van der Waals surface area contributed by atoms with Gasteiger partial charge in [0.15, 0.2) is 0 Å². The highest BCUT2D eigenvalue weighted by Gasteiger charge is 2.10. The second-order valence-corrected chi connectivity index (χ2v) is 6.14. The van der Waals surface area contributed by atoms with Crippen molar-refractivity contribution < 1.29 is 9.18 Å². The Morgan fingerprint density at radius 2 is 1.97 bits per heavy atom. The van der Waals surface area contributed by atoms with Gasteiger partial charge in [0.05, 0.1) is 30.7 Å². The largest absolute Gasteiger partial charge is 0.369 e. The van der Waals surface area contributed by atoms with Crippen molar-refractivity contribution in [1.29, 1.82) is 0 Å². The molecule has 152 valence electrons. The lowest BCUT2D eigenvalue weighted by atomic mass is 10.0. The lowest BCUT2D eigenvalue weighted by Gasteiger charge is -2.07. The molecule has 4 N–H and O–H groups in total. The molecule has 1 amide bonds. The molecule has 3 aromatic rings. The van der Waals surface area contributed by atoms with Gasteiger partial charge in [0.1, 0.15) is 6.33 Å². The minimum absolute atomic E-state index is 0. The molecule has 0 bridgehead atoms. The number of nitrogens with two attached hydrogens (primary N) is 2. The lowest BCUT2D eigenvalue weighted by molar-refractivity contribution is -0.117. The van der Waals surface area contributed by atoms with Crippen LogP contribution in [0.2, 0.25) is 0 Å². The fraction of sp³-hybridized carbons (Fsp3) is 0.158. The average Bonchev–Trinajstić information content (AvgIpc) is 3.06. The van der Waals surface area contributed by atoms with Crippen LogP contribution >= 0.6 is 12.4 Å². The summed E-state index contributed by atoms with van der Waals surface area (Å²) in [5, 5.41) is 4.02. The van der Waals surface area contributed by atoms with Crippen molar-refractivity contribution in [3.63, 3.8) is 0 Å². The third-order valence-electron chi connectivity index (χ3n) is 4.13. The van der Waals surface area contributed by atoms with Crippen LogP contribution in [-0.2, 0) is 17.8 Å². The molecule has 0 aliphatic rings. The van der Waals surface area contributed by atoms with E-state index in [2.05, 4.69) is 10.1 Å². The number of amides is 1. The Balaban J connectivity index is 0.00000300. The van der Waals surface area contributed by atoms with Crippen LogP contribution in [0.5, 0.6) is 0 Å². The summed E-state index contributed by atoms with van der Waals surface area (Å²) in [6.07, 6.45) is 3.41. The predicted octanol–water partition coefficient (Wildman–Crippen LogP) is 1.36. The molecule has 29 heavy (non-hydrogen) atoms. The molecule has 2 heterocycles. The highest BCUT2D eigenvalue weighted by atomic mass is 35.5. The quantitative estimate of drug-likeness (QED) is 0.599. The number of rotatable bonds is 7. The molecule has 10 heteroatoms. The number of halogens is 2. The molecule has 1 aromatic carbocycles. The number of aromatic nitrogens is 4. The average molecular weight is 419 g/mol. The number of carbonyl (C=O) groups excluding carboxylic acids is 1. The third kappa shape index (κ3) is 5.15. The summed E-state index contributed by atoms with van der Waals surface area (Å²) in [5.74, 6) is -0.462. The number of pyridine rings is 1. The Labute approximate surface area is 172 Å². The molecule has 8 nitrogen and oxygen atoms in total. The summed E-state index contributed by atoms with van der Waals surface area (Å²) in [6, 6.07) is 10.8. The van der Waals surface area contributed by atoms with E-state index in [1.54, 1.807) is 30.5 Å². The van der Waals surface area contributed by atoms with Crippen LogP contribution in [0.1, 0.15) is 5.69 Å². The van der Waals surface area contributed by atoms with Crippen molar-refractivity contribution in [3.05, 3.63) is 77.0 Å². The zero-order valence-corrected chi connectivity index (χ0v) is 16.2. The molecule has 0 saturated carbocycles. The second kappa shape index (κ2) is 9.76. The van der Waals surface area contributed by atoms with E-state index in [4.69, 9.17) is 11.5 Å². The van der Waals surface area contributed by atoms with Crippen LogP contribution < -0.4 is 17.2 Å². The van der Waals surface area contributed by atoms with Gasteiger partial charge in [0.25, 0.3) is 0 Å². The molecule has 3 rings (SSSR count). The van der Waals surface area contributed by atoms with Crippen molar-refractivity contribution in [1.82, 2.24) is 19.3 Å². The second-order valence-electron chi connectivity index (χ2n) is 6.14. The highest BCUT2D eigenvalue weighted by Crippen LogP contribution is 2.22. The number of hydrogen-bond donors (Lipinski definition) is 2. The Hall–Kier alpha value is -3.30. The van der Waals surface area contributed by atoms with E-state index < -0.39 is 11.6 Å². The zero-order chi connectivity index (χ0) is 20.1. The van der Waals surface area contributed by atoms with Crippen LogP contribution in [0, 0.1) is 0 Å². The minimum Gasteiger partial charge on any atom is -0.369 e. The molecule has 0 radical (unpaired) electrons. The van der Waals surface area contributed by atoms with Crippen LogP contribution in [0.15, 0.2) is 65.6 Å². The monoisotopic (exact) mass is 418 g/mol. The minimum atomic E-state index is -0.462. The Morgan fingerprint density at radius 1 is 1.21 bits per heavy atom. The van der Waals surface area contributed by atoms with E-state index in [0.29, 0.717) is 17.7 Å². The van der Waals surface area contributed by atoms with Crippen LogP contribution in [0.4, 0.5) is 4.39 Å². The van der Waals surface area contributed by atoms with Crippen molar-refractivity contribution in [3.8, 4) is 16.8 Å². The summed E-state index contributed by atoms with van der Waals surface area (Å²) >= 11 is 0. The first-order valence-corrected chi connectivity index (χ1v) is 8.48. The number of primary amides is 1. The molecular weight excluding hydrogens is 399 g/mol. The molecular formula is C19H20ClFN6O2. The van der Waals surface area contributed by atoms with Gasteiger partial charge in [-0.15, -0.1) is 12.4 Å². The van der Waals surface area contributed by atoms with Crippen molar-refractivity contribution in [2.45, 2.75) is 13.0 Å². The Kier molecular flexibility index (Phi) is 7.40. The third-order valence-corrected chi connectivity index (χ3v) is 4.13. The molecule has 0 spiro atoms. The Bertz CT molecular complexity index is 1090. The van der Waals surface area contributed by atoms with Gasteiger partial charge in [-0.1, -0.05) is 12.1 Å². The first-order chi connectivity index (χ1) is 13.5. The van der Waals surface area contributed by atoms with E-state index >= 15 is 0 Å². The molecule has 0 atom stereocenters. The van der Waals surface area contributed by atoms with E-state index in [-0.39, 0.29) is 37.5 Å². The number of nitrogens with zero attached hydrogens (tertiary/aromatic N) is 4. The molecule has 0 fully saturated rings. The van der Waals surface area contributed by atoms with Gasteiger partial charge in [-0.2, -0.15) is 5.10 Å². The number of hydrogen-bond acceptors (Lipinski definition) is 5. The molecule has 0 aliphatic carbocycles. The van der Waals surface area contributed by atoms with Crippen molar-refractivity contribution in [2.24, 2.45) is 11.5 Å². The van der Waals surface area contributed by atoms with Gasteiger partial charge in [0, 0.05) is 12.7 Å². The van der Waals surface area contributed by atoms with Gasteiger partial charge in [-0.3, -0.25) is 9.78 Å². The maximum atomic E-state index is 12.7. The molecule has 0 saturated heterocycles. The van der Waals surface area contributed by atoms with Gasteiger partial charge in [-0.25, -0.2) is 18.4 Å². The van der Waals surface area contributed by atoms with Crippen LogP contribution in [0.3, 0.4) is 0 Å². The van der Waals surface area contributed by atoms with E-state index in [0.717, 1.165) is 15.8 Å². The fourth-order valence-electron chi connectivity index (χ4n) is 2.73. The number of carbonyl (C=O) groups is 1.